The Labute approximate surface area is 260 Å². The normalized spacial score (nSPS) is 17.4. The Morgan fingerprint density at radius 1 is 0.622 bits per heavy atom. The van der Waals surface area contributed by atoms with Crippen molar-refractivity contribution >= 4 is 61.9 Å². The number of nitrogens with zero attached hydrogens (tertiary/aromatic N) is 2. The third kappa shape index (κ3) is 3.58. The molecule has 0 saturated carbocycles. The summed E-state index contributed by atoms with van der Waals surface area (Å²) in [5.41, 5.74) is 8.50. The Kier molecular flexibility index (Phi) is 5.23. The summed E-state index contributed by atoms with van der Waals surface area (Å²) in [4.78, 5) is 0. The van der Waals surface area contributed by atoms with Gasteiger partial charge in [0, 0.05) is 60.3 Å². The number of furan rings is 1. The molecular formula is C42H30N2O. The monoisotopic (exact) mass is 578 g/mol. The van der Waals surface area contributed by atoms with Gasteiger partial charge in [-0.1, -0.05) is 103 Å². The molecule has 0 fully saturated rings. The molecule has 5 aromatic carbocycles. The first-order valence-electron chi connectivity index (χ1n) is 15.9. The van der Waals surface area contributed by atoms with Crippen LogP contribution in [-0.4, -0.2) is 9.13 Å². The number of hydrogen-bond donors (Lipinski definition) is 0. The van der Waals surface area contributed by atoms with Crippen LogP contribution in [0.25, 0.3) is 67.6 Å². The van der Waals surface area contributed by atoms with Crippen LogP contribution in [0.1, 0.15) is 41.7 Å². The SMILES string of the molecule is C1=Cc2c(oc3ccccc23)C(n2c3ccccc3c3cc(C4C=c5c(n(-c6ccccc6)c6ccccc56)=CC4)ccc32)C1. The fourth-order valence-corrected chi connectivity index (χ4v) is 7.99. The Hall–Kier alpha value is -5.54. The zero-order valence-electron chi connectivity index (χ0n) is 24.7. The second-order valence-electron chi connectivity index (χ2n) is 12.4. The zero-order valence-corrected chi connectivity index (χ0v) is 24.7. The molecule has 3 nitrogen and oxygen atoms in total. The predicted molar refractivity (Wildman–Crippen MR) is 186 cm³/mol. The molecule has 10 rings (SSSR count). The third-order valence-electron chi connectivity index (χ3n) is 9.98. The average molecular weight is 579 g/mol. The minimum Gasteiger partial charge on any atom is -0.458 e. The molecule has 3 heteroatoms. The summed E-state index contributed by atoms with van der Waals surface area (Å²) in [6.45, 7) is 0. The van der Waals surface area contributed by atoms with Crippen molar-refractivity contribution < 1.29 is 4.42 Å². The highest BCUT2D eigenvalue weighted by Gasteiger charge is 2.28. The maximum Gasteiger partial charge on any atom is 0.135 e. The van der Waals surface area contributed by atoms with Crippen molar-refractivity contribution in [3.63, 3.8) is 0 Å². The molecule has 0 N–H and O–H groups in total. The van der Waals surface area contributed by atoms with Gasteiger partial charge in [-0.05, 0) is 60.9 Å². The van der Waals surface area contributed by atoms with Gasteiger partial charge in [-0.15, -0.1) is 0 Å². The van der Waals surface area contributed by atoms with E-state index in [2.05, 4.69) is 155 Å². The molecule has 2 aliphatic rings. The summed E-state index contributed by atoms with van der Waals surface area (Å²) >= 11 is 0. The van der Waals surface area contributed by atoms with E-state index < -0.39 is 0 Å². The number of fused-ring (bicyclic) bond motifs is 9. The number of aromatic nitrogens is 2. The van der Waals surface area contributed by atoms with E-state index in [1.165, 1.54) is 65.5 Å². The van der Waals surface area contributed by atoms with E-state index in [1.807, 2.05) is 0 Å². The van der Waals surface area contributed by atoms with Crippen LogP contribution in [0.2, 0.25) is 0 Å². The van der Waals surface area contributed by atoms with Crippen LogP contribution in [-0.2, 0) is 0 Å². The molecule has 3 heterocycles. The highest BCUT2D eigenvalue weighted by atomic mass is 16.3. The summed E-state index contributed by atoms with van der Waals surface area (Å²) in [7, 11) is 0. The van der Waals surface area contributed by atoms with Crippen molar-refractivity contribution in [2.24, 2.45) is 0 Å². The fourth-order valence-electron chi connectivity index (χ4n) is 7.99. The van der Waals surface area contributed by atoms with Crippen LogP contribution in [0.4, 0.5) is 0 Å². The summed E-state index contributed by atoms with van der Waals surface area (Å²) < 4.78 is 11.5. The molecule has 0 aliphatic heterocycles. The average Bonchev–Trinajstić information content (AvgIpc) is 3.76. The lowest BCUT2D eigenvalue weighted by Crippen LogP contribution is -2.31. The largest absolute Gasteiger partial charge is 0.458 e. The molecule has 0 spiro atoms. The summed E-state index contributed by atoms with van der Waals surface area (Å²) in [6.07, 6.45) is 11.4. The van der Waals surface area contributed by atoms with E-state index in [0.717, 1.165) is 24.2 Å². The Bertz CT molecular complexity index is 2610. The second kappa shape index (κ2) is 9.48. The smallest absolute Gasteiger partial charge is 0.135 e. The minimum absolute atomic E-state index is 0.104. The van der Waals surface area contributed by atoms with Gasteiger partial charge in [0.05, 0.1) is 11.6 Å². The molecule has 0 amide bonds. The maximum absolute atomic E-state index is 6.56. The molecule has 8 aromatic rings. The molecule has 0 saturated heterocycles. The van der Waals surface area contributed by atoms with Gasteiger partial charge in [0.25, 0.3) is 0 Å². The molecular weight excluding hydrogens is 548 g/mol. The van der Waals surface area contributed by atoms with Gasteiger partial charge >= 0.3 is 0 Å². The van der Waals surface area contributed by atoms with E-state index in [0.29, 0.717) is 5.92 Å². The first-order valence-corrected chi connectivity index (χ1v) is 15.9. The molecule has 2 unspecified atom stereocenters. The highest BCUT2D eigenvalue weighted by molar-refractivity contribution is 6.08. The lowest BCUT2D eigenvalue weighted by atomic mass is 9.90. The number of para-hydroxylation sites is 4. The van der Waals surface area contributed by atoms with E-state index in [4.69, 9.17) is 4.42 Å². The van der Waals surface area contributed by atoms with Crippen LogP contribution in [0, 0.1) is 0 Å². The van der Waals surface area contributed by atoms with E-state index >= 15 is 0 Å². The van der Waals surface area contributed by atoms with Gasteiger partial charge in [-0.25, -0.2) is 0 Å². The van der Waals surface area contributed by atoms with Crippen molar-refractivity contribution in [2.75, 3.05) is 0 Å². The topological polar surface area (TPSA) is 23.0 Å². The Morgan fingerprint density at radius 2 is 1.36 bits per heavy atom. The van der Waals surface area contributed by atoms with Crippen LogP contribution in [0.5, 0.6) is 0 Å². The number of benzene rings is 5. The van der Waals surface area contributed by atoms with Gasteiger partial charge < -0.3 is 13.6 Å². The fraction of sp³-hybridized carbons (Fsp3) is 0.0952. The molecule has 45 heavy (non-hydrogen) atoms. The van der Waals surface area contributed by atoms with Crippen molar-refractivity contribution in [3.8, 4) is 5.69 Å². The van der Waals surface area contributed by atoms with Crippen molar-refractivity contribution in [1.82, 2.24) is 9.13 Å². The standard InChI is InChI=1S/C42H30N2O/c1-2-11-29(12-3-1)43-36-17-7-4-13-30(36)34-25-27(21-23-38(34)43)28-22-24-39-35(26-28)31-14-5-8-18-37(31)44(39)40-19-10-16-33-32-15-6-9-20-41(32)45-42(33)40/h1-18,20,22-27,40H,19,21H2. The lowest BCUT2D eigenvalue weighted by Gasteiger charge is -2.22. The summed E-state index contributed by atoms with van der Waals surface area (Å²) in [5, 5.41) is 7.72. The van der Waals surface area contributed by atoms with E-state index in [1.54, 1.807) is 0 Å². The lowest BCUT2D eigenvalue weighted by molar-refractivity contribution is 0.461. The van der Waals surface area contributed by atoms with Gasteiger partial charge in [-0.3, -0.25) is 0 Å². The predicted octanol–water partition coefficient (Wildman–Crippen LogP) is 9.24. The Morgan fingerprint density at radius 3 is 2.24 bits per heavy atom. The third-order valence-corrected chi connectivity index (χ3v) is 9.98. The summed E-state index contributed by atoms with van der Waals surface area (Å²) in [6, 6.07) is 44.1. The molecule has 214 valence electrons. The first-order chi connectivity index (χ1) is 22.3. The van der Waals surface area contributed by atoms with Crippen LogP contribution in [0.15, 0.2) is 132 Å². The zero-order chi connectivity index (χ0) is 29.5. The summed E-state index contributed by atoms with van der Waals surface area (Å²) in [5.74, 6) is 1.36. The van der Waals surface area contributed by atoms with E-state index in [-0.39, 0.29) is 6.04 Å². The maximum atomic E-state index is 6.56. The van der Waals surface area contributed by atoms with E-state index in [9.17, 15) is 0 Å². The molecule has 2 atom stereocenters. The highest BCUT2D eigenvalue weighted by Crippen LogP contribution is 2.43. The second-order valence-corrected chi connectivity index (χ2v) is 12.4. The molecule has 0 bridgehead atoms. The van der Waals surface area contributed by atoms with Gasteiger partial charge in [0.15, 0.2) is 0 Å². The van der Waals surface area contributed by atoms with Crippen LogP contribution >= 0.6 is 0 Å². The quantitative estimate of drug-likeness (QED) is 0.205. The number of allylic oxidation sites excluding steroid dienone is 1. The van der Waals surface area contributed by atoms with Crippen LogP contribution in [0.3, 0.4) is 0 Å². The van der Waals surface area contributed by atoms with Crippen LogP contribution < -0.4 is 10.6 Å². The molecule has 3 aromatic heterocycles. The van der Waals surface area contributed by atoms with Gasteiger partial charge in [0.1, 0.15) is 11.3 Å². The first kappa shape index (κ1) is 24.9. The number of hydrogen-bond acceptors (Lipinski definition) is 1. The number of rotatable bonds is 3. The molecule has 0 radical (unpaired) electrons. The minimum atomic E-state index is 0.104. The van der Waals surface area contributed by atoms with Gasteiger partial charge in [0.2, 0.25) is 0 Å². The Balaban J connectivity index is 1.14. The van der Waals surface area contributed by atoms with Gasteiger partial charge in [-0.2, -0.15) is 0 Å². The molecule has 2 aliphatic carbocycles. The van der Waals surface area contributed by atoms with Crippen molar-refractivity contribution in [3.05, 3.63) is 155 Å². The van der Waals surface area contributed by atoms with Crippen molar-refractivity contribution in [1.29, 1.82) is 0 Å². The van der Waals surface area contributed by atoms with Crippen molar-refractivity contribution in [2.45, 2.75) is 24.8 Å².